The number of halogens is 2. The minimum atomic E-state index is -0.397. The van der Waals surface area contributed by atoms with Gasteiger partial charge in [0, 0.05) is 17.5 Å². The normalized spacial score (nSPS) is 14.7. The summed E-state index contributed by atoms with van der Waals surface area (Å²) < 4.78 is 11.2. The van der Waals surface area contributed by atoms with Crippen molar-refractivity contribution in [3.8, 4) is 11.5 Å². The Balaban J connectivity index is 0.00000243. The van der Waals surface area contributed by atoms with Crippen LogP contribution in [-0.4, -0.2) is 25.7 Å². The topological polar surface area (TPSA) is 73.6 Å². The third-order valence-electron chi connectivity index (χ3n) is 4.20. The van der Waals surface area contributed by atoms with Crippen LogP contribution in [-0.2, 0) is 4.79 Å². The molecule has 1 aliphatic heterocycles. The lowest BCUT2D eigenvalue weighted by molar-refractivity contribution is -0.124. The smallest absolute Gasteiger partial charge is 0.224 e. The number of fused-ring (bicyclic) bond motifs is 1. The first-order valence-corrected chi connectivity index (χ1v) is 8.62. The van der Waals surface area contributed by atoms with Crippen LogP contribution in [0.3, 0.4) is 0 Å². The Bertz CT molecular complexity index is 770. The highest BCUT2D eigenvalue weighted by Gasteiger charge is 2.23. The van der Waals surface area contributed by atoms with Gasteiger partial charge in [-0.2, -0.15) is 0 Å². The summed E-state index contributed by atoms with van der Waals surface area (Å²) in [6.45, 7) is 3.11. The molecule has 2 aromatic carbocycles. The van der Waals surface area contributed by atoms with Crippen LogP contribution in [0.5, 0.6) is 11.5 Å². The van der Waals surface area contributed by atoms with Gasteiger partial charge in [-0.15, -0.1) is 12.4 Å². The predicted octanol–water partition coefficient (Wildman–Crippen LogP) is 3.33. The standard InChI is InChI=1S/C19H21ClN2O3.ClH/c1-12(11-21)19(23)22-18(14-4-2-3-5-15(14)20)13-6-7-16-17(10-13)25-9-8-24-16;/h2-7,10,12,18H,8-9,11,21H2,1H3,(H,22,23);1H. The molecule has 0 saturated carbocycles. The predicted molar refractivity (Wildman–Crippen MR) is 104 cm³/mol. The molecule has 0 aliphatic carbocycles. The minimum absolute atomic E-state index is 0. The van der Waals surface area contributed by atoms with Crippen molar-refractivity contribution in [1.29, 1.82) is 0 Å². The molecule has 0 fully saturated rings. The van der Waals surface area contributed by atoms with E-state index in [-0.39, 0.29) is 30.8 Å². The second kappa shape index (κ2) is 9.12. The molecule has 2 atom stereocenters. The number of ether oxygens (including phenoxy) is 2. The maximum absolute atomic E-state index is 12.4. The molecule has 3 rings (SSSR count). The summed E-state index contributed by atoms with van der Waals surface area (Å²) in [6.07, 6.45) is 0. The minimum Gasteiger partial charge on any atom is -0.486 e. The highest BCUT2D eigenvalue weighted by atomic mass is 35.5. The average molecular weight is 397 g/mol. The van der Waals surface area contributed by atoms with Crippen LogP contribution >= 0.6 is 24.0 Å². The van der Waals surface area contributed by atoms with Gasteiger partial charge in [0.2, 0.25) is 5.91 Å². The van der Waals surface area contributed by atoms with E-state index in [1.165, 1.54) is 0 Å². The summed E-state index contributed by atoms with van der Waals surface area (Å²) in [6, 6.07) is 12.7. The van der Waals surface area contributed by atoms with E-state index < -0.39 is 6.04 Å². The maximum atomic E-state index is 12.4. The molecule has 2 unspecified atom stereocenters. The van der Waals surface area contributed by atoms with Crippen molar-refractivity contribution in [1.82, 2.24) is 5.32 Å². The van der Waals surface area contributed by atoms with Gasteiger partial charge < -0.3 is 20.5 Å². The van der Waals surface area contributed by atoms with Crippen molar-refractivity contribution in [2.75, 3.05) is 19.8 Å². The third kappa shape index (κ3) is 4.41. The molecule has 7 heteroatoms. The van der Waals surface area contributed by atoms with Crippen LogP contribution in [0.25, 0.3) is 0 Å². The Hall–Kier alpha value is -1.95. The van der Waals surface area contributed by atoms with Crippen molar-refractivity contribution in [3.63, 3.8) is 0 Å². The molecule has 0 spiro atoms. The molecular formula is C19H22Cl2N2O3. The monoisotopic (exact) mass is 396 g/mol. The van der Waals surface area contributed by atoms with E-state index in [1.807, 2.05) is 36.4 Å². The zero-order chi connectivity index (χ0) is 17.8. The molecule has 2 aromatic rings. The Kier molecular flexibility index (Phi) is 7.14. The fourth-order valence-corrected chi connectivity index (χ4v) is 2.93. The van der Waals surface area contributed by atoms with E-state index >= 15 is 0 Å². The van der Waals surface area contributed by atoms with Gasteiger partial charge in [0.25, 0.3) is 0 Å². The number of carbonyl (C=O) groups is 1. The fourth-order valence-electron chi connectivity index (χ4n) is 2.68. The van der Waals surface area contributed by atoms with Crippen LogP contribution < -0.4 is 20.5 Å². The summed E-state index contributed by atoms with van der Waals surface area (Å²) in [5.74, 6) is 0.959. The maximum Gasteiger partial charge on any atom is 0.224 e. The molecular weight excluding hydrogens is 375 g/mol. The van der Waals surface area contributed by atoms with E-state index in [4.69, 9.17) is 26.8 Å². The lowest BCUT2D eigenvalue weighted by atomic mass is 9.97. The van der Waals surface area contributed by atoms with Crippen LogP contribution in [0.2, 0.25) is 5.02 Å². The molecule has 1 amide bonds. The largest absolute Gasteiger partial charge is 0.486 e. The van der Waals surface area contributed by atoms with E-state index in [9.17, 15) is 4.79 Å². The number of amides is 1. The molecule has 26 heavy (non-hydrogen) atoms. The number of hydrogen-bond donors (Lipinski definition) is 2. The number of rotatable bonds is 5. The molecule has 140 valence electrons. The van der Waals surface area contributed by atoms with Crippen LogP contribution in [0.15, 0.2) is 42.5 Å². The van der Waals surface area contributed by atoms with Gasteiger partial charge in [-0.05, 0) is 29.3 Å². The number of hydrogen-bond acceptors (Lipinski definition) is 4. The highest BCUT2D eigenvalue weighted by Crippen LogP contribution is 2.36. The van der Waals surface area contributed by atoms with Gasteiger partial charge in [0.05, 0.1) is 6.04 Å². The Morgan fingerprint density at radius 1 is 1.19 bits per heavy atom. The van der Waals surface area contributed by atoms with E-state index in [0.717, 1.165) is 11.1 Å². The third-order valence-corrected chi connectivity index (χ3v) is 4.55. The molecule has 0 aromatic heterocycles. The number of benzene rings is 2. The average Bonchev–Trinajstić information content (AvgIpc) is 2.65. The number of carbonyl (C=O) groups excluding carboxylic acids is 1. The first-order valence-electron chi connectivity index (χ1n) is 8.24. The molecule has 1 heterocycles. The number of nitrogens with two attached hydrogens (primary N) is 1. The fraction of sp³-hybridized carbons (Fsp3) is 0.316. The zero-order valence-corrected chi connectivity index (χ0v) is 16.0. The van der Waals surface area contributed by atoms with Gasteiger partial charge >= 0.3 is 0 Å². The second-order valence-electron chi connectivity index (χ2n) is 6.00. The molecule has 3 N–H and O–H groups in total. The Labute approximate surface area is 164 Å². The highest BCUT2D eigenvalue weighted by molar-refractivity contribution is 6.31. The van der Waals surface area contributed by atoms with Crippen LogP contribution in [0.1, 0.15) is 24.1 Å². The summed E-state index contributed by atoms with van der Waals surface area (Å²) in [5.41, 5.74) is 7.31. The summed E-state index contributed by atoms with van der Waals surface area (Å²) in [7, 11) is 0. The van der Waals surface area contributed by atoms with Crippen molar-refractivity contribution in [3.05, 3.63) is 58.6 Å². The second-order valence-corrected chi connectivity index (χ2v) is 6.41. The first-order chi connectivity index (χ1) is 12.1. The Morgan fingerprint density at radius 2 is 1.88 bits per heavy atom. The quantitative estimate of drug-likeness (QED) is 0.812. The zero-order valence-electron chi connectivity index (χ0n) is 14.4. The van der Waals surface area contributed by atoms with Crippen LogP contribution in [0.4, 0.5) is 0 Å². The van der Waals surface area contributed by atoms with Crippen molar-refractivity contribution in [2.45, 2.75) is 13.0 Å². The number of nitrogens with one attached hydrogen (secondary N) is 1. The van der Waals surface area contributed by atoms with Crippen molar-refractivity contribution in [2.24, 2.45) is 11.7 Å². The van der Waals surface area contributed by atoms with E-state index in [2.05, 4.69) is 5.32 Å². The summed E-state index contributed by atoms with van der Waals surface area (Å²) in [5, 5.41) is 3.63. The van der Waals surface area contributed by atoms with Crippen LogP contribution in [0, 0.1) is 5.92 Å². The van der Waals surface area contributed by atoms with Crippen molar-refractivity contribution < 1.29 is 14.3 Å². The molecule has 0 saturated heterocycles. The van der Waals surface area contributed by atoms with Gasteiger partial charge in [-0.25, -0.2) is 0 Å². The SMILES string of the molecule is CC(CN)C(=O)NC(c1ccc2c(c1)OCCO2)c1ccccc1Cl.Cl. The van der Waals surface area contributed by atoms with Gasteiger partial charge in [-0.3, -0.25) is 4.79 Å². The lowest BCUT2D eigenvalue weighted by Crippen LogP contribution is -2.36. The van der Waals surface area contributed by atoms with Gasteiger partial charge in [-0.1, -0.05) is 42.8 Å². The molecule has 0 radical (unpaired) electrons. The summed E-state index contributed by atoms with van der Waals surface area (Å²) in [4.78, 5) is 12.4. The van der Waals surface area contributed by atoms with Crippen molar-refractivity contribution >= 4 is 29.9 Å². The van der Waals surface area contributed by atoms with E-state index in [0.29, 0.717) is 29.7 Å². The Morgan fingerprint density at radius 3 is 2.58 bits per heavy atom. The first kappa shape index (κ1) is 20.4. The summed E-state index contributed by atoms with van der Waals surface area (Å²) >= 11 is 6.38. The molecule has 5 nitrogen and oxygen atoms in total. The lowest BCUT2D eigenvalue weighted by Gasteiger charge is -2.25. The molecule has 1 aliphatic rings. The van der Waals surface area contributed by atoms with Gasteiger partial charge in [0.15, 0.2) is 11.5 Å². The molecule has 0 bridgehead atoms. The van der Waals surface area contributed by atoms with E-state index in [1.54, 1.807) is 13.0 Å². The van der Waals surface area contributed by atoms with Gasteiger partial charge in [0.1, 0.15) is 13.2 Å².